The van der Waals surface area contributed by atoms with Crippen molar-refractivity contribution in [2.24, 2.45) is 5.92 Å². The Morgan fingerprint density at radius 1 is 1.50 bits per heavy atom. The van der Waals surface area contributed by atoms with Gasteiger partial charge in [0.2, 0.25) is 0 Å². The summed E-state index contributed by atoms with van der Waals surface area (Å²) in [6.45, 7) is 2.18. The van der Waals surface area contributed by atoms with Crippen LogP contribution in [0, 0.1) is 11.7 Å². The summed E-state index contributed by atoms with van der Waals surface area (Å²) in [6.07, 6.45) is 3.14. The first-order chi connectivity index (χ1) is 8.47. The number of amides is 1. The summed E-state index contributed by atoms with van der Waals surface area (Å²) in [5.41, 5.74) is 5.85. The second-order valence-electron chi connectivity index (χ2n) is 4.94. The Bertz CT molecular complexity index is 478. The van der Waals surface area contributed by atoms with Gasteiger partial charge in [-0.3, -0.25) is 4.79 Å². The molecule has 0 aromatic heterocycles. The van der Waals surface area contributed by atoms with Crippen molar-refractivity contribution in [2.45, 2.75) is 32.2 Å². The summed E-state index contributed by atoms with van der Waals surface area (Å²) in [7, 11) is 0. The second-order valence-corrected chi connectivity index (χ2v) is 5.80. The van der Waals surface area contributed by atoms with Crippen molar-refractivity contribution in [1.29, 1.82) is 0 Å². The summed E-state index contributed by atoms with van der Waals surface area (Å²) >= 11 is 3.19. The van der Waals surface area contributed by atoms with Gasteiger partial charge in [0.05, 0.1) is 11.3 Å². The number of nitrogens with two attached hydrogens (primary N) is 1. The fraction of sp³-hybridized carbons (Fsp3) is 0.462. The molecular formula is C13H16BrFN2O. The number of hydrogen-bond acceptors (Lipinski definition) is 2. The van der Waals surface area contributed by atoms with Gasteiger partial charge in [0.25, 0.3) is 5.91 Å². The first-order valence-corrected chi connectivity index (χ1v) is 6.82. The van der Waals surface area contributed by atoms with E-state index < -0.39 is 5.82 Å². The summed E-state index contributed by atoms with van der Waals surface area (Å²) in [5.74, 6) is -0.0717. The van der Waals surface area contributed by atoms with E-state index in [2.05, 4.69) is 28.2 Å². The first kappa shape index (κ1) is 13.3. The van der Waals surface area contributed by atoms with Crippen LogP contribution in [-0.2, 0) is 0 Å². The third-order valence-electron chi connectivity index (χ3n) is 3.36. The number of rotatable bonds is 2. The maximum absolute atomic E-state index is 13.2. The van der Waals surface area contributed by atoms with E-state index >= 15 is 0 Å². The van der Waals surface area contributed by atoms with Gasteiger partial charge in [-0.25, -0.2) is 4.39 Å². The molecular weight excluding hydrogens is 299 g/mol. The molecule has 1 saturated carbocycles. The zero-order valence-corrected chi connectivity index (χ0v) is 11.8. The minimum atomic E-state index is -0.520. The van der Waals surface area contributed by atoms with E-state index in [1.807, 2.05) is 0 Å². The van der Waals surface area contributed by atoms with Crippen LogP contribution in [0.5, 0.6) is 0 Å². The fourth-order valence-electron chi connectivity index (χ4n) is 2.34. The van der Waals surface area contributed by atoms with Crippen LogP contribution in [0.3, 0.4) is 0 Å². The van der Waals surface area contributed by atoms with Crippen molar-refractivity contribution in [2.75, 3.05) is 5.73 Å². The predicted octanol–water partition coefficient (Wildman–Crippen LogP) is 3.09. The van der Waals surface area contributed by atoms with Gasteiger partial charge in [-0.2, -0.15) is 0 Å². The Morgan fingerprint density at radius 2 is 2.22 bits per heavy atom. The van der Waals surface area contributed by atoms with E-state index in [0.717, 1.165) is 19.3 Å². The van der Waals surface area contributed by atoms with Gasteiger partial charge >= 0.3 is 0 Å². The minimum absolute atomic E-state index is 0.0110. The maximum Gasteiger partial charge on any atom is 0.252 e. The summed E-state index contributed by atoms with van der Waals surface area (Å²) in [5, 5.41) is 2.97. The highest BCUT2D eigenvalue weighted by molar-refractivity contribution is 9.10. The van der Waals surface area contributed by atoms with E-state index in [4.69, 9.17) is 5.73 Å². The average molecular weight is 315 g/mol. The minimum Gasteiger partial charge on any atom is -0.396 e. The number of anilines is 1. The average Bonchev–Trinajstić information content (AvgIpc) is 2.69. The lowest BCUT2D eigenvalue weighted by Crippen LogP contribution is -2.33. The normalized spacial score (nSPS) is 23.1. The Morgan fingerprint density at radius 3 is 2.83 bits per heavy atom. The molecule has 3 N–H and O–H groups in total. The van der Waals surface area contributed by atoms with E-state index in [0.29, 0.717) is 16.0 Å². The van der Waals surface area contributed by atoms with Crippen LogP contribution >= 0.6 is 15.9 Å². The lowest BCUT2D eigenvalue weighted by Gasteiger charge is -2.13. The third-order valence-corrected chi connectivity index (χ3v) is 4.02. The summed E-state index contributed by atoms with van der Waals surface area (Å²) in [4.78, 5) is 12.1. The van der Waals surface area contributed by atoms with E-state index in [9.17, 15) is 9.18 Å². The number of hydrogen-bond donors (Lipinski definition) is 2. The topological polar surface area (TPSA) is 55.1 Å². The molecule has 0 heterocycles. The van der Waals surface area contributed by atoms with Gasteiger partial charge in [-0.1, -0.05) is 6.92 Å². The van der Waals surface area contributed by atoms with Crippen molar-refractivity contribution in [3.63, 3.8) is 0 Å². The van der Waals surface area contributed by atoms with Crippen molar-refractivity contribution in [3.8, 4) is 0 Å². The number of halogens is 2. The predicted molar refractivity (Wildman–Crippen MR) is 72.8 cm³/mol. The number of benzene rings is 1. The van der Waals surface area contributed by atoms with Gasteiger partial charge in [0.1, 0.15) is 5.82 Å². The number of nitrogen functional groups attached to an aromatic ring is 1. The summed E-state index contributed by atoms with van der Waals surface area (Å²) < 4.78 is 13.6. The van der Waals surface area contributed by atoms with Crippen LogP contribution in [-0.4, -0.2) is 11.9 Å². The molecule has 2 atom stereocenters. The Kier molecular flexibility index (Phi) is 3.90. The lowest BCUT2D eigenvalue weighted by molar-refractivity contribution is 0.0936. The number of carbonyl (C=O) groups is 1. The Hall–Kier alpha value is -1.10. The standard InChI is InChI=1S/C13H16BrFN2O/c1-7-2-3-8(4-7)17-13(18)9-5-12(16)11(15)6-10(9)14/h5-8H,2-4,16H2,1H3,(H,17,18). The molecule has 1 fully saturated rings. The lowest BCUT2D eigenvalue weighted by atomic mass is 10.1. The Balaban J connectivity index is 2.11. The maximum atomic E-state index is 13.2. The Labute approximate surface area is 114 Å². The quantitative estimate of drug-likeness (QED) is 0.824. The zero-order chi connectivity index (χ0) is 13.3. The highest BCUT2D eigenvalue weighted by Gasteiger charge is 2.24. The van der Waals surface area contributed by atoms with Gasteiger partial charge < -0.3 is 11.1 Å². The molecule has 0 spiro atoms. The largest absolute Gasteiger partial charge is 0.396 e. The van der Waals surface area contributed by atoms with Crippen LogP contribution in [0.25, 0.3) is 0 Å². The molecule has 1 aromatic carbocycles. The first-order valence-electron chi connectivity index (χ1n) is 6.02. The molecule has 1 amide bonds. The molecule has 3 nitrogen and oxygen atoms in total. The smallest absolute Gasteiger partial charge is 0.252 e. The van der Waals surface area contributed by atoms with Crippen LogP contribution in [0.15, 0.2) is 16.6 Å². The third kappa shape index (κ3) is 2.83. The second kappa shape index (κ2) is 5.26. The van der Waals surface area contributed by atoms with Crippen molar-refractivity contribution in [3.05, 3.63) is 28.0 Å². The fourth-order valence-corrected chi connectivity index (χ4v) is 2.84. The molecule has 5 heteroatoms. The van der Waals surface area contributed by atoms with Crippen molar-refractivity contribution in [1.82, 2.24) is 5.32 Å². The highest BCUT2D eigenvalue weighted by Crippen LogP contribution is 2.26. The van der Waals surface area contributed by atoms with Crippen LogP contribution in [0.4, 0.5) is 10.1 Å². The van der Waals surface area contributed by atoms with Gasteiger partial charge in [-0.15, -0.1) is 0 Å². The van der Waals surface area contributed by atoms with Gasteiger partial charge in [0.15, 0.2) is 0 Å². The van der Waals surface area contributed by atoms with Crippen LogP contribution in [0.1, 0.15) is 36.5 Å². The molecule has 18 heavy (non-hydrogen) atoms. The molecule has 1 aliphatic rings. The molecule has 1 aromatic rings. The molecule has 0 bridgehead atoms. The number of nitrogens with one attached hydrogen (secondary N) is 1. The van der Waals surface area contributed by atoms with Crippen LogP contribution < -0.4 is 11.1 Å². The number of carbonyl (C=O) groups excluding carboxylic acids is 1. The van der Waals surface area contributed by atoms with E-state index in [1.165, 1.54) is 12.1 Å². The molecule has 98 valence electrons. The van der Waals surface area contributed by atoms with E-state index in [1.54, 1.807) is 0 Å². The van der Waals surface area contributed by atoms with Crippen LogP contribution in [0.2, 0.25) is 0 Å². The van der Waals surface area contributed by atoms with Crippen molar-refractivity contribution >= 4 is 27.5 Å². The molecule has 0 saturated heterocycles. The van der Waals surface area contributed by atoms with E-state index in [-0.39, 0.29) is 17.6 Å². The molecule has 0 radical (unpaired) electrons. The molecule has 1 aliphatic carbocycles. The SMILES string of the molecule is CC1CCC(NC(=O)c2cc(N)c(F)cc2Br)C1. The molecule has 0 aliphatic heterocycles. The molecule has 2 unspecified atom stereocenters. The molecule has 2 rings (SSSR count). The van der Waals surface area contributed by atoms with Crippen molar-refractivity contribution < 1.29 is 9.18 Å². The monoisotopic (exact) mass is 314 g/mol. The van der Waals surface area contributed by atoms with Gasteiger partial charge in [-0.05, 0) is 53.2 Å². The zero-order valence-electron chi connectivity index (χ0n) is 10.2. The highest BCUT2D eigenvalue weighted by atomic mass is 79.9. The van der Waals surface area contributed by atoms with Gasteiger partial charge in [0, 0.05) is 10.5 Å². The summed E-state index contributed by atoms with van der Waals surface area (Å²) in [6, 6.07) is 2.81.